The lowest BCUT2D eigenvalue weighted by atomic mass is 9.92. The van der Waals surface area contributed by atoms with E-state index in [0.717, 1.165) is 43.6 Å². The Morgan fingerprint density at radius 1 is 1.41 bits per heavy atom. The smallest absolute Gasteiger partial charge is 0.293 e. The van der Waals surface area contributed by atoms with Crippen molar-refractivity contribution >= 4 is 17.2 Å². The molecule has 3 rings (SSSR count). The number of aromatic nitrogens is 2. The Labute approximate surface area is 133 Å². The summed E-state index contributed by atoms with van der Waals surface area (Å²) in [5.41, 5.74) is -0.0402. The molecular formula is C16H20FN3OS. The van der Waals surface area contributed by atoms with E-state index < -0.39 is 0 Å². The molecule has 2 aromatic heterocycles. The van der Waals surface area contributed by atoms with Crippen LogP contribution < -0.4 is 10.5 Å². The second kappa shape index (κ2) is 6.60. The SMILES string of the molecule is Cn1ccnc(N2CCC(CCc3sccc3F)CC2)c1=O. The Morgan fingerprint density at radius 3 is 2.86 bits per heavy atom. The monoisotopic (exact) mass is 321 g/mol. The summed E-state index contributed by atoms with van der Waals surface area (Å²) in [7, 11) is 1.75. The van der Waals surface area contributed by atoms with Crippen molar-refractivity contribution < 1.29 is 4.39 Å². The van der Waals surface area contributed by atoms with Crippen LogP contribution in [0.5, 0.6) is 0 Å². The van der Waals surface area contributed by atoms with Gasteiger partial charge < -0.3 is 9.47 Å². The third kappa shape index (κ3) is 3.21. The molecule has 0 aromatic carbocycles. The summed E-state index contributed by atoms with van der Waals surface area (Å²) in [5, 5.41) is 1.81. The zero-order valence-corrected chi connectivity index (χ0v) is 13.5. The van der Waals surface area contributed by atoms with Crippen LogP contribution in [0, 0.1) is 11.7 Å². The van der Waals surface area contributed by atoms with E-state index in [4.69, 9.17) is 0 Å². The van der Waals surface area contributed by atoms with Crippen molar-refractivity contribution in [1.82, 2.24) is 9.55 Å². The van der Waals surface area contributed by atoms with E-state index in [-0.39, 0.29) is 11.4 Å². The number of halogens is 1. The summed E-state index contributed by atoms with van der Waals surface area (Å²) in [4.78, 5) is 19.3. The fourth-order valence-electron chi connectivity index (χ4n) is 2.97. The fraction of sp³-hybridized carbons (Fsp3) is 0.500. The molecule has 4 nitrogen and oxygen atoms in total. The van der Waals surface area contributed by atoms with Crippen LogP contribution in [0.3, 0.4) is 0 Å². The molecule has 1 fully saturated rings. The number of hydrogen-bond donors (Lipinski definition) is 0. The maximum Gasteiger partial charge on any atom is 0.293 e. The van der Waals surface area contributed by atoms with Crippen LogP contribution >= 0.6 is 11.3 Å². The molecule has 0 radical (unpaired) electrons. The van der Waals surface area contributed by atoms with Crippen molar-refractivity contribution in [1.29, 1.82) is 0 Å². The highest BCUT2D eigenvalue weighted by atomic mass is 32.1. The first-order valence-corrected chi connectivity index (χ1v) is 8.51. The van der Waals surface area contributed by atoms with Crippen molar-refractivity contribution in [2.75, 3.05) is 18.0 Å². The first-order valence-electron chi connectivity index (χ1n) is 7.63. The van der Waals surface area contributed by atoms with E-state index in [0.29, 0.717) is 11.7 Å². The highest BCUT2D eigenvalue weighted by Gasteiger charge is 2.22. The molecule has 2 aromatic rings. The molecule has 118 valence electrons. The number of thiophene rings is 1. The average Bonchev–Trinajstić information content (AvgIpc) is 2.94. The summed E-state index contributed by atoms with van der Waals surface area (Å²) in [6, 6.07) is 1.54. The molecule has 3 heterocycles. The Hall–Kier alpha value is -1.69. The molecule has 0 spiro atoms. The number of anilines is 1. The summed E-state index contributed by atoms with van der Waals surface area (Å²) in [6.45, 7) is 1.70. The molecule has 0 saturated carbocycles. The standard InChI is InChI=1S/C16H20FN3OS/c1-19-10-7-18-15(16(19)21)20-8-4-12(5-9-20)2-3-14-13(17)6-11-22-14/h6-7,10-12H,2-5,8-9H2,1H3. The molecule has 1 aliphatic heterocycles. The van der Waals surface area contributed by atoms with Gasteiger partial charge in [0.1, 0.15) is 5.82 Å². The molecular weight excluding hydrogens is 301 g/mol. The van der Waals surface area contributed by atoms with Gasteiger partial charge in [-0.15, -0.1) is 11.3 Å². The van der Waals surface area contributed by atoms with Crippen molar-refractivity contribution in [3.63, 3.8) is 0 Å². The third-order valence-corrected chi connectivity index (χ3v) is 5.34. The minimum atomic E-state index is -0.0700. The number of rotatable bonds is 4. The Morgan fingerprint density at radius 2 is 2.18 bits per heavy atom. The molecule has 0 aliphatic carbocycles. The van der Waals surface area contributed by atoms with Gasteiger partial charge in [0.25, 0.3) is 5.56 Å². The minimum absolute atomic E-state index is 0.0402. The molecule has 6 heteroatoms. The van der Waals surface area contributed by atoms with Crippen LogP contribution in [0.4, 0.5) is 10.2 Å². The van der Waals surface area contributed by atoms with Gasteiger partial charge >= 0.3 is 0 Å². The van der Waals surface area contributed by atoms with Crippen LogP contribution in [0.1, 0.15) is 24.1 Å². The highest BCUT2D eigenvalue weighted by Crippen LogP contribution is 2.26. The van der Waals surface area contributed by atoms with E-state index >= 15 is 0 Å². The van der Waals surface area contributed by atoms with Crippen LogP contribution in [-0.2, 0) is 13.5 Å². The van der Waals surface area contributed by atoms with Gasteiger partial charge in [0.15, 0.2) is 5.82 Å². The largest absolute Gasteiger partial charge is 0.352 e. The van der Waals surface area contributed by atoms with E-state index in [1.807, 2.05) is 5.38 Å². The van der Waals surface area contributed by atoms with Gasteiger partial charge in [-0.3, -0.25) is 4.79 Å². The molecule has 0 unspecified atom stereocenters. The van der Waals surface area contributed by atoms with Crippen LogP contribution in [-0.4, -0.2) is 22.6 Å². The quantitative estimate of drug-likeness (QED) is 0.869. The first kappa shape index (κ1) is 15.2. The maximum atomic E-state index is 13.4. The predicted molar refractivity (Wildman–Crippen MR) is 87.0 cm³/mol. The molecule has 0 atom stereocenters. The average molecular weight is 321 g/mol. The van der Waals surface area contributed by atoms with E-state index in [1.165, 1.54) is 11.3 Å². The topological polar surface area (TPSA) is 38.1 Å². The molecule has 1 aliphatic rings. The van der Waals surface area contributed by atoms with Crippen molar-refractivity contribution in [2.45, 2.75) is 25.7 Å². The van der Waals surface area contributed by atoms with Crippen LogP contribution in [0.2, 0.25) is 0 Å². The Balaban J connectivity index is 1.55. The summed E-state index contributed by atoms with van der Waals surface area (Å²) in [5.74, 6) is 1.08. The van der Waals surface area contributed by atoms with Gasteiger partial charge in [-0.2, -0.15) is 0 Å². The zero-order valence-electron chi connectivity index (χ0n) is 12.7. The van der Waals surface area contributed by atoms with Crippen LogP contribution in [0.25, 0.3) is 0 Å². The van der Waals surface area contributed by atoms with Gasteiger partial charge in [0.05, 0.1) is 0 Å². The first-order chi connectivity index (χ1) is 10.6. The predicted octanol–water partition coefficient (Wildman–Crippen LogP) is 2.83. The zero-order chi connectivity index (χ0) is 15.5. The lowest BCUT2D eigenvalue weighted by Crippen LogP contribution is -2.38. The third-order valence-electron chi connectivity index (χ3n) is 4.38. The van der Waals surface area contributed by atoms with E-state index in [1.54, 1.807) is 30.1 Å². The number of aryl methyl sites for hydroxylation is 2. The molecule has 0 amide bonds. The molecule has 0 bridgehead atoms. The number of nitrogens with zero attached hydrogens (tertiary/aromatic N) is 3. The van der Waals surface area contributed by atoms with Gasteiger partial charge in [0, 0.05) is 37.4 Å². The van der Waals surface area contributed by atoms with Gasteiger partial charge in [0.2, 0.25) is 0 Å². The lowest BCUT2D eigenvalue weighted by molar-refractivity contribution is 0.379. The van der Waals surface area contributed by atoms with Crippen LogP contribution in [0.15, 0.2) is 28.6 Å². The summed E-state index contributed by atoms with van der Waals surface area (Å²) < 4.78 is 15.0. The van der Waals surface area contributed by atoms with Gasteiger partial charge in [-0.05, 0) is 43.0 Å². The second-order valence-electron chi connectivity index (χ2n) is 5.83. The maximum absolute atomic E-state index is 13.4. The number of hydrogen-bond acceptors (Lipinski definition) is 4. The highest BCUT2D eigenvalue weighted by molar-refractivity contribution is 7.09. The van der Waals surface area contributed by atoms with E-state index in [9.17, 15) is 9.18 Å². The van der Waals surface area contributed by atoms with E-state index in [2.05, 4.69) is 9.88 Å². The van der Waals surface area contributed by atoms with Crippen molar-refractivity contribution in [2.24, 2.45) is 13.0 Å². The van der Waals surface area contributed by atoms with Gasteiger partial charge in [-0.1, -0.05) is 0 Å². The minimum Gasteiger partial charge on any atom is -0.352 e. The lowest BCUT2D eigenvalue weighted by Gasteiger charge is -2.32. The summed E-state index contributed by atoms with van der Waals surface area (Å²) in [6.07, 6.45) is 7.25. The summed E-state index contributed by atoms with van der Waals surface area (Å²) >= 11 is 1.50. The van der Waals surface area contributed by atoms with Crippen molar-refractivity contribution in [3.8, 4) is 0 Å². The normalized spacial score (nSPS) is 16.2. The molecule has 0 N–H and O–H groups in total. The Kier molecular flexibility index (Phi) is 4.57. The fourth-order valence-corrected chi connectivity index (χ4v) is 3.74. The van der Waals surface area contributed by atoms with Gasteiger partial charge in [-0.25, -0.2) is 9.37 Å². The number of piperidine rings is 1. The molecule has 1 saturated heterocycles. The molecule has 22 heavy (non-hydrogen) atoms. The van der Waals surface area contributed by atoms with Crippen molar-refractivity contribution in [3.05, 3.63) is 44.9 Å². The second-order valence-corrected chi connectivity index (χ2v) is 6.83. The Bertz CT molecular complexity index is 689.